The van der Waals surface area contributed by atoms with Crippen LogP contribution in [-0.2, 0) is 4.74 Å². The first-order chi connectivity index (χ1) is 7.31. The Bertz CT molecular complexity index is 164. The number of rotatable bonds is 7. The number of methoxy groups -OCH3 is 1. The lowest BCUT2D eigenvalue weighted by Gasteiger charge is -2.27. The summed E-state index contributed by atoms with van der Waals surface area (Å²) in [6.07, 6.45) is 4.97. The van der Waals surface area contributed by atoms with Gasteiger partial charge < -0.3 is 10.5 Å². The van der Waals surface area contributed by atoms with E-state index in [9.17, 15) is 0 Å². The highest BCUT2D eigenvalue weighted by atomic mass is 16.5. The number of nitrogens with two attached hydrogens (primary N) is 1. The van der Waals surface area contributed by atoms with Crippen molar-refractivity contribution in [2.75, 3.05) is 33.4 Å². The van der Waals surface area contributed by atoms with E-state index in [1.807, 2.05) is 0 Å². The maximum absolute atomic E-state index is 5.57. The zero-order chi connectivity index (χ0) is 11.1. The predicted octanol–water partition coefficient (Wildman–Crippen LogP) is 1.47. The molecule has 1 saturated heterocycles. The highest BCUT2D eigenvalue weighted by Crippen LogP contribution is 2.22. The Kier molecular flexibility index (Phi) is 6.22. The molecule has 1 rings (SSSR count). The van der Waals surface area contributed by atoms with E-state index in [0.717, 1.165) is 25.5 Å². The quantitative estimate of drug-likeness (QED) is 0.697. The molecule has 1 fully saturated rings. The van der Waals surface area contributed by atoms with Crippen molar-refractivity contribution in [1.29, 1.82) is 0 Å². The van der Waals surface area contributed by atoms with Crippen LogP contribution in [0.5, 0.6) is 0 Å². The molecule has 2 N–H and O–H groups in total. The lowest BCUT2D eigenvalue weighted by Crippen LogP contribution is -2.37. The van der Waals surface area contributed by atoms with E-state index in [2.05, 4.69) is 11.8 Å². The van der Waals surface area contributed by atoms with Gasteiger partial charge >= 0.3 is 0 Å². The van der Waals surface area contributed by atoms with Crippen LogP contribution in [0.3, 0.4) is 0 Å². The van der Waals surface area contributed by atoms with E-state index in [1.165, 1.54) is 32.4 Å². The van der Waals surface area contributed by atoms with E-state index in [1.54, 1.807) is 7.11 Å². The van der Waals surface area contributed by atoms with Gasteiger partial charge in [0, 0.05) is 19.7 Å². The second-order valence-corrected chi connectivity index (χ2v) is 4.60. The van der Waals surface area contributed by atoms with Crippen LogP contribution in [-0.4, -0.2) is 44.3 Å². The fourth-order valence-electron chi connectivity index (χ4n) is 2.44. The molecule has 0 aromatic rings. The smallest absolute Gasteiger partial charge is 0.0618 e. The van der Waals surface area contributed by atoms with E-state index in [4.69, 9.17) is 10.5 Å². The van der Waals surface area contributed by atoms with Gasteiger partial charge in [0.15, 0.2) is 0 Å². The highest BCUT2D eigenvalue weighted by molar-refractivity contribution is 4.81. The predicted molar refractivity (Wildman–Crippen MR) is 63.9 cm³/mol. The standard InChI is InChI=1S/C12H26N2O/c1-3-11-6-8-14(9-11)12(10-15-2)5-4-7-13/h11-12H,3-10,13H2,1-2H3. The molecule has 0 aliphatic carbocycles. The van der Waals surface area contributed by atoms with Crippen molar-refractivity contribution < 1.29 is 4.74 Å². The summed E-state index contributed by atoms with van der Waals surface area (Å²) in [4.78, 5) is 2.59. The lowest BCUT2D eigenvalue weighted by atomic mass is 10.1. The van der Waals surface area contributed by atoms with E-state index in [0.29, 0.717) is 6.04 Å². The topological polar surface area (TPSA) is 38.5 Å². The van der Waals surface area contributed by atoms with Crippen LogP contribution in [0.4, 0.5) is 0 Å². The maximum Gasteiger partial charge on any atom is 0.0618 e. The molecule has 3 nitrogen and oxygen atoms in total. The zero-order valence-electron chi connectivity index (χ0n) is 10.2. The van der Waals surface area contributed by atoms with Crippen LogP contribution in [0.15, 0.2) is 0 Å². The van der Waals surface area contributed by atoms with Crippen molar-refractivity contribution in [3.05, 3.63) is 0 Å². The molecule has 1 aliphatic heterocycles. The average molecular weight is 214 g/mol. The van der Waals surface area contributed by atoms with Gasteiger partial charge in [-0.05, 0) is 38.3 Å². The number of hydrogen-bond donors (Lipinski definition) is 1. The molecule has 1 heterocycles. The first-order valence-corrected chi connectivity index (χ1v) is 6.24. The summed E-state index contributed by atoms with van der Waals surface area (Å²) in [6, 6.07) is 0.593. The van der Waals surface area contributed by atoms with Crippen molar-refractivity contribution in [1.82, 2.24) is 4.90 Å². The SMILES string of the molecule is CCC1CCN(C(CCCN)COC)C1. The second-order valence-electron chi connectivity index (χ2n) is 4.60. The molecule has 1 aliphatic rings. The summed E-state index contributed by atoms with van der Waals surface area (Å²) in [6.45, 7) is 6.45. The summed E-state index contributed by atoms with van der Waals surface area (Å²) < 4.78 is 5.30. The number of hydrogen-bond acceptors (Lipinski definition) is 3. The molecular formula is C12H26N2O. The highest BCUT2D eigenvalue weighted by Gasteiger charge is 2.26. The molecular weight excluding hydrogens is 188 g/mol. The fraction of sp³-hybridized carbons (Fsp3) is 1.00. The average Bonchev–Trinajstić information content (AvgIpc) is 2.72. The van der Waals surface area contributed by atoms with Crippen LogP contribution in [0.1, 0.15) is 32.6 Å². The summed E-state index contributed by atoms with van der Waals surface area (Å²) in [5.74, 6) is 0.905. The van der Waals surface area contributed by atoms with E-state index < -0.39 is 0 Å². The fourth-order valence-corrected chi connectivity index (χ4v) is 2.44. The molecule has 2 atom stereocenters. The van der Waals surface area contributed by atoms with E-state index in [-0.39, 0.29) is 0 Å². The Hall–Kier alpha value is -0.120. The van der Waals surface area contributed by atoms with Gasteiger partial charge in [0.2, 0.25) is 0 Å². The summed E-state index contributed by atoms with van der Waals surface area (Å²) in [5, 5.41) is 0. The second kappa shape index (κ2) is 7.20. The van der Waals surface area contributed by atoms with Gasteiger partial charge in [-0.15, -0.1) is 0 Å². The number of nitrogens with zero attached hydrogens (tertiary/aromatic N) is 1. The normalized spacial score (nSPS) is 24.6. The maximum atomic E-state index is 5.57. The van der Waals surface area contributed by atoms with Crippen LogP contribution >= 0.6 is 0 Å². The number of ether oxygens (including phenoxy) is 1. The van der Waals surface area contributed by atoms with Gasteiger partial charge in [-0.2, -0.15) is 0 Å². The Morgan fingerprint density at radius 2 is 2.33 bits per heavy atom. The van der Waals surface area contributed by atoms with E-state index >= 15 is 0 Å². The Labute approximate surface area is 94.0 Å². The third-order valence-electron chi connectivity index (χ3n) is 3.51. The summed E-state index contributed by atoms with van der Waals surface area (Å²) in [7, 11) is 1.79. The van der Waals surface area contributed by atoms with Crippen LogP contribution < -0.4 is 5.73 Å². The van der Waals surface area contributed by atoms with Crippen LogP contribution in [0, 0.1) is 5.92 Å². The van der Waals surface area contributed by atoms with Crippen LogP contribution in [0.25, 0.3) is 0 Å². The largest absolute Gasteiger partial charge is 0.383 e. The molecule has 0 spiro atoms. The Morgan fingerprint density at radius 1 is 1.53 bits per heavy atom. The molecule has 90 valence electrons. The van der Waals surface area contributed by atoms with Crippen molar-refractivity contribution in [3.63, 3.8) is 0 Å². The molecule has 15 heavy (non-hydrogen) atoms. The molecule has 0 amide bonds. The van der Waals surface area contributed by atoms with Crippen molar-refractivity contribution in [3.8, 4) is 0 Å². The third-order valence-corrected chi connectivity index (χ3v) is 3.51. The monoisotopic (exact) mass is 214 g/mol. The first kappa shape index (κ1) is 12.9. The van der Waals surface area contributed by atoms with Crippen molar-refractivity contribution >= 4 is 0 Å². The minimum atomic E-state index is 0.593. The van der Waals surface area contributed by atoms with Crippen LogP contribution in [0.2, 0.25) is 0 Å². The third kappa shape index (κ3) is 4.09. The van der Waals surface area contributed by atoms with Gasteiger partial charge in [-0.1, -0.05) is 13.3 Å². The minimum absolute atomic E-state index is 0.593. The number of likely N-dealkylation sites (tertiary alicyclic amines) is 1. The molecule has 2 unspecified atom stereocenters. The van der Waals surface area contributed by atoms with Crippen molar-refractivity contribution in [2.45, 2.75) is 38.6 Å². The zero-order valence-corrected chi connectivity index (χ0v) is 10.2. The minimum Gasteiger partial charge on any atom is -0.383 e. The van der Waals surface area contributed by atoms with Gasteiger partial charge in [0.1, 0.15) is 0 Å². The molecule has 0 aromatic carbocycles. The molecule has 0 saturated carbocycles. The summed E-state index contributed by atoms with van der Waals surface area (Å²) >= 11 is 0. The van der Waals surface area contributed by atoms with Gasteiger partial charge in [-0.3, -0.25) is 4.90 Å². The molecule has 3 heteroatoms. The van der Waals surface area contributed by atoms with Gasteiger partial charge in [0.05, 0.1) is 6.61 Å². The summed E-state index contributed by atoms with van der Waals surface area (Å²) in [5.41, 5.74) is 5.57. The Balaban J connectivity index is 2.34. The molecule has 0 aromatic heterocycles. The Morgan fingerprint density at radius 3 is 2.87 bits per heavy atom. The van der Waals surface area contributed by atoms with Gasteiger partial charge in [0.25, 0.3) is 0 Å². The van der Waals surface area contributed by atoms with Gasteiger partial charge in [-0.25, -0.2) is 0 Å². The van der Waals surface area contributed by atoms with Crippen molar-refractivity contribution in [2.24, 2.45) is 11.7 Å². The molecule has 0 radical (unpaired) electrons. The first-order valence-electron chi connectivity index (χ1n) is 6.24. The molecule has 0 bridgehead atoms. The lowest BCUT2D eigenvalue weighted by molar-refractivity contribution is 0.0967.